The molecule has 0 unspecified atom stereocenters. The Labute approximate surface area is 231 Å². The molecule has 13 heteroatoms. The second kappa shape index (κ2) is 9.12. The number of rotatable bonds is 6. The van der Waals surface area contributed by atoms with E-state index in [2.05, 4.69) is 36.8 Å². The number of nitrogens with one attached hydrogen (secondary N) is 1. The van der Waals surface area contributed by atoms with Crippen LogP contribution in [0, 0.1) is 5.82 Å². The number of anilines is 3. The first kappa shape index (κ1) is 24.2. The Kier molecular flexibility index (Phi) is 5.52. The Hall–Kier alpha value is -4.84. The monoisotopic (exact) mass is 557 g/mol. The zero-order valence-corrected chi connectivity index (χ0v) is 21.7. The number of amides is 1. The van der Waals surface area contributed by atoms with E-state index in [0.717, 1.165) is 18.8 Å². The molecule has 6 heterocycles. The second-order valence-corrected chi connectivity index (χ2v) is 10.1. The number of hydrogen-bond acceptors (Lipinski definition) is 9. The molecule has 7 rings (SSSR count). The van der Waals surface area contributed by atoms with E-state index in [1.807, 2.05) is 17.0 Å². The van der Waals surface area contributed by atoms with Crippen molar-refractivity contribution in [2.24, 2.45) is 0 Å². The van der Waals surface area contributed by atoms with E-state index in [-0.39, 0.29) is 27.9 Å². The van der Waals surface area contributed by atoms with Crippen LogP contribution in [0.25, 0.3) is 16.7 Å². The number of aromatic nitrogens is 6. The number of benzene rings is 1. The smallest absolute Gasteiger partial charge is 0.246 e. The van der Waals surface area contributed by atoms with Crippen molar-refractivity contribution in [1.82, 2.24) is 34.4 Å². The molecular formula is C27H21ClFN9O2. The third kappa shape index (κ3) is 3.95. The number of fused-ring (bicyclic) bond motifs is 2. The summed E-state index contributed by atoms with van der Waals surface area (Å²) in [6.45, 7) is 5.69. The van der Waals surface area contributed by atoms with Gasteiger partial charge in [-0.15, -0.1) is 0 Å². The molecule has 2 saturated heterocycles. The molecule has 0 atom stereocenters. The third-order valence-electron chi connectivity index (χ3n) is 7.33. The normalized spacial score (nSPS) is 15.7. The van der Waals surface area contributed by atoms with Crippen LogP contribution in [0.1, 0.15) is 6.42 Å². The first-order valence-corrected chi connectivity index (χ1v) is 12.8. The molecule has 1 aromatic carbocycles. The van der Waals surface area contributed by atoms with Crippen LogP contribution in [0.15, 0.2) is 67.9 Å². The highest BCUT2D eigenvalue weighted by atomic mass is 35.5. The van der Waals surface area contributed by atoms with Crippen LogP contribution in [0.3, 0.4) is 0 Å². The largest absolute Gasteiger partial charge is 0.455 e. The van der Waals surface area contributed by atoms with Gasteiger partial charge in [0.25, 0.3) is 0 Å². The lowest BCUT2D eigenvalue weighted by molar-refractivity contribution is -0.144. The Morgan fingerprint density at radius 1 is 1.15 bits per heavy atom. The minimum Gasteiger partial charge on any atom is -0.455 e. The van der Waals surface area contributed by atoms with Crippen molar-refractivity contribution < 1.29 is 13.9 Å². The number of halogens is 2. The Balaban J connectivity index is 1.13. The van der Waals surface area contributed by atoms with Gasteiger partial charge < -0.3 is 19.9 Å². The number of carbonyl (C=O) groups is 1. The molecule has 2 aliphatic heterocycles. The van der Waals surface area contributed by atoms with Gasteiger partial charge in [0.15, 0.2) is 11.5 Å². The van der Waals surface area contributed by atoms with Crippen LogP contribution in [0.2, 0.25) is 5.02 Å². The molecule has 0 bridgehead atoms. The van der Waals surface area contributed by atoms with Crippen LogP contribution in [-0.4, -0.2) is 65.5 Å². The van der Waals surface area contributed by atoms with Gasteiger partial charge in [0.2, 0.25) is 5.91 Å². The maximum absolute atomic E-state index is 15.2. The molecule has 0 saturated carbocycles. The van der Waals surface area contributed by atoms with E-state index in [0.29, 0.717) is 41.3 Å². The van der Waals surface area contributed by atoms with Crippen LogP contribution >= 0.6 is 11.6 Å². The van der Waals surface area contributed by atoms with Gasteiger partial charge in [-0.25, -0.2) is 28.8 Å². The van der Waals surface area contributed by atoms with E-state index in [1.54, 1.807) is 22.8 Å². The van der Waals surface area contributed by atoms with Gasteiger partial charge in [0.1, 0.15) is 41.3 Å². The average Bonchev–Trinajstić information content (AvgIpc) is 3.38. The third-order valence-corrected chi connectivity index (χ3v) is 7.63. The van der Waals surface area contributed by atoms with Crippen LogP contribution in [0.4, 0.5) is 21.7 Å². The summed E-state index contributed by atoms with van der Waals surface area (Å²) in [6.07, 6.45) is 6.80. The van der Waals surface area contributed by atoms with Gasteiger partial charge in [-0.2, -0.15) is 5.10 Å². The molecule has 1 spiro atoms. The van der Waals surface area contributed by atoms with E-state index >= 15 is 4.39 Å². The minimum atomic E-state index is -0.590. The van der Waals surface area contributed by atoms with Gasteiger partial charge >= 0.3 is 0 Å². The molecular weight excluding hydrogens is 537 g/mol. The van der Waals surface area contributed by atoms with Gasteiger partial charge in [-0.1, -0.05) is 18.2 Å². The van der Waals surface area contributed by atoms with E-state index in [4.69, 9.17) is 21.3 Å². The summed E-state index contributed by atoms with van der Waals surface area (Å²) in [5.74, 6) is 0.995. The zero-order chi connectivity index (χ0) is 27.4. The average molecular weight is 558 g/mol. The van der Waals surface area contributed by atoms with Crippen molar-refractivity contribution >= 4 is 51.5 Å². The molecule has 11 nitrogen and oxygen atoms in total. The first-order valence-electron chi connectivity index (χ1n) is 12.5. The molecule has 1 N–H and O–H groups in total. The number of likely N-dealkylation sites (tertiary alicyclic amines) is 1. The summed E-state index contributed by atoms with van der Waals surface area (Å²) in [4.78, 5) is 33.6. The van der Waals surface area contributed by atoms with Gasteiger partial charge in [0, 0.05) is 38.0 Å². The predicted octanol–water partition coefficient (Wildman–Crippen LogP) is 4.37. The molecule has 2 fully saturated rings. The Morgan fingerprint density at radius 3 is 2.83 bits per heavy atom. The highest BCUT2D eigenvalue weighted by Gasteiger charge is 2.55. The molecule has 5 aromatic rings. The van der Waals surface area contributed by atoms with Crippen molar-refractivity contribution in [1.29, 1.82) is 0 Å². The predicted molar refractivity (Wildman–Crippen MR) is 147 cm³/mol. The fraction of sp³-hybridized carbons (Fsp3) is 0.185. The molecule has 2 aliphatic rings. The fourth-order valence-electron chi connectivity index (χ4n) is 5.16. The standard InChI is InChI=1S/C27H21ClFN9O2/c1-2-24(39)37-8-6-27(37)12-36(13-27)22-4-3-19-25(35-22)26(32-14-30-19)34-20-10-17(28)21(11-18(20)29)40-16-5-7-38-23(9-16)31-15-33-38/h2-5,7,9-11,14-15H,1,6,8,12-13H2,(H,30,32,34). The lowest BCUT2D eigenvalue weighted by Crippen LogP contribution is -2.78. The molecule has 200 valence electrons. The molecule has 1 amide bonds. The van der Waals surface area contributed by atoms with Crippen LogP contribution in [-0.2, 0) is 4.79 Å². The van der Waals surface area contributed by atoms with Crippen molar-refractivity contribution in [2.45, 2.75) is 12.0 Å². The lowest BCUT2D eigenvalue weighted by atomic mass is 9.77. The lowest BCUT2D eigenvalue weighted by Gasteiger charge is -2.62. The molecule has 0 aliphatic carbocycles. The molecule has 40 heavy (non-hydrogen) atoms. The maximum atomic E-state index is 15.2. The van der Waals surface area contributed by atoms with E-state index < -0.39 is 5.82 Å². The van der Waals surface area contributed by atoms with E-state index in [9.17, 15) is 4.79 Å². The van der Waals surface area contributed by atoms with Crippen molar-refractivity contribution in [2.75, 3.05) is 29.9 Å². The Bertz CT molecular complexity index is 1820. The summed E-state index contributed by atoms with van der Waals surface area (Å²) in [7, 11) is 0. The summed E-state index contributed by atoms with van der Waals surface area (Å²) >= 11 is 6.46. The first-order chi connectivity index (χ1) is 19.4. The topological polar surface area (TPSA) is 114 Å². The van der Waals surface area contributed by atoms with Crippen LogP contribution < -0.4 is 15.0 Å². The highest BCUT2D eigenvalue weighted by molar-refractivity contribution is 6.32. The quantitative estimate of drug-likeness (QED) is 0.304. The number of hydrogen-bond donors (Lipinski definition) is 1. The summed E-state index contributed by atoms with van der Waals surface area (Å²) in [5, 5.41) is 7.24. The number of pyridine rings is 2. The minimum absolute atomic E-state index is 0.0502. The molecule has 4 aromatic heterocycles. The number of ether oxygens (including phenoxy) is 1. The fourth-order valence-corrected chi connectivity index (χ4v) is 5.37. The van der Waals surface area contributed by atoms with Gasteiger partial charge in [0.05, 0.1) is 21.8 Å². The van der Waals surface area contributed by atoms with Crippen LogP contribution in [0.5, 0.6) is 11.5 Å². The summed E-state index contributed by atoms with van der Waals surface area (Å²) in [6, 6.07) is 9.71. The highest BCUT2D eigenvalue weighted by Crippen LogP contribution is 2.41. The van der Waals surface area contributed by atoms with Gasteiger partial charge in [-0.3, -0.25) is 4.79 Å². The zero-order valence-electron chi connectivity index (χ0n) is 21.0. The SMILES string of the molecule is C=CC(=O)N1CCC12CN(c1ccc3ncnc(Nc4cc(Cl)c(Oc5ccn6ncnc6c5)cc4F)c3n1)C2. The van der Waals surface area contributed by atoms with E-state index in [1.165, 1.54) is 30.9 Å². The van der Waals surface area contributed by atoms with Gasteiger partial charge in [-0.05, 0) is 36.8 Å². The maximum Gasteiger partial charge on any atom is 0.246 e. The van der Waals surface area contributed by atoms with Crippen molar-refractivity contribution in [3.05, 3.63) is 78.7 Å². The van der Waals surface area contributed by atoms with Crippen molar-refractivity contribution in [3.8, 4) is 11.5 Å². The summed E-state index contributed by atoms with van der Waals surface area (Å²) < 4.78 is 22.6. The van der Waals surface area contributed by atoms with Crippen molar-refractivity contribution in [3.63, 3.8) is 0 Å². The molecule has 0 radical (unpaired) electrons. The summed E-state index contributed by atoms with van der Waals surface area (Å²) in [5.41, 5.74) is 1.60. The second-order valence-electron chi connectivity index (χ2n) is 9.70. The number of nitrogens with zero attached hydrogens (tertiary/aromatic N) is 8. The Morgan fingerprint density at radius 2 is 2.02 bits per heavy atom. The number of carbonyl (C=O) groups excluding carboxylic acids is 1.